The van der Waals surface area contributed by atoms with Gasteiger partial charge in [0.1, 0.15) is 5.15 Å². The Hall–Kier alpha value is -0.830. The third-order valence-corrected chi connectivity index (χ3v) is 1.96. The number of hydrogen-bond acceptors (Lipinski definition) is 3. The van der Waals surface area contributed by atoms with Crippen molar-refractivity contribution in [2.24, 2.45) is 5.92 Å². The highest BCUT2D eigenvalue weighted by Gasteiger charge is 2.22. The van der Waals surface area contributed by atoms with E-state index in [9.17, 15) is 0 Å². The normalized spacial score (nSPS) is 16.1. The van der Waals surface area contributed by atoms with Gasteiger partial charge in [-0.15, -0.1) is 0 Å². The van der Waals surface area contributed by atoms with E-state index in [2.05, 4.69) is 9.97 Å². The van der Waals surface area contributed by atoms with Crippen LogP contribution >= 0.6 is 11.6 Å². The third kappa shape index (κ3) is 2.08. The van der Waals surface area contributed by atoms with Crippen molar-refractivity contribution in [3.05, 3.63) is 17.4 Å². The molecule has 0 atom stereocenters. The van der Waals surface area contributed by atoms with Crippen LogP contribution in [0.15, 0.2) is 12.3 Å². The Labute approximate surface area is 75.7 Å². The molecular weight excluding hydrogens is 176 g/mol. The number of nitrogens with zero attached hydrogens (tertiary/aromatic N) is 2. The summed E-state index contributed by atoms with van der Waals surface area (Å²) in [5, 5.41) is 0.427. The van der Waals surface area contributed by atoms with Crippen LogP contribution in [0.1, 0.15) is 12.8 Å². The Morgan fingerprint density at radius 2 is 2.42 bits per heavy atom. The number of hydrogen-bond donors (Lipinski definition) is 0. The van der Waals surface area contributed by atoms with E-state index in [1.54, 1.807) is 12.3 Å². The van der Waals surface area contributed by atoms with Crippen LogP contribution in [0, 0.1) is 5.92 Å². The molecular formula is C8H9ClN2O. The van der Waals surface area contributed by atoms with Gasteiger partial charge in [0.25, 0.3) is 0 Å². The van der Waals surface area contributed by atoms with Gasteiger partial charge in [0.15, 0.2) is 0 Å². The van der Waals surface area contributed by atoms with Crippen molar-refractivity contribution >= 4 is 11.6 Å². The topological polar surface area (TPSA) is 35.0 Å². The maximum atomic E-state index is 5.64. The van der Waals surface area contributed by atoms with E-state index in [4.69, 9.17) is 16.3 Å². The van der Waals surface area contributed by atoms with Gasteiger partial charge < -0.3 is 4.74 Å². The molecule has 0 saturated heterocycles. The molecule has 0 radical (unpaired) electrons. The van der Waals surface area contributed by atoms with Crippen LogP contribution in [0.3, 0.4) is 0 Å². The average Bonchev–Trinajstić information content (AvgIpc) is 2.84. The summed E-state index contributed by atoms with van der Waals surface area (Å²) < 4.78 is 5.30. The van der Waals surface area contributed by atoms with Gasteiger partial charge in [-0.1, -0.05) is 11.6 Å². The zero-order chi connectivity index (χ0) is 8.39. The Bertz CT molecular complexity index is 276. The summed E-state index contributed by atoms with van der Waals surface area (Å²) in [6.07, 6.45) is 4.12. The van der Waals surface area contributed by atoms with Gasteiger partial charge in [0.2, 0.25) is 0 Å². The molecule has 3 nitrogen and oxygen atoms in total. The summed E-state index contributed by atoms with van der Waals surface area (Å²) in [6.45, 7) is 0.723. The van der Waals surface area contributed by atoms with Crippen molar-refractivity contribution in [1.82, 2.24) is 9.97 Å². The Morgan fingerprint density at radius 1 is 1.58 bits per heavy atom. The highest BCUT2D eigenvalue weighted by atomic mass is 35.5. The second kappa shape index (κ2) is 3.27. The molecule has 0 aliphatic heterocycles. The van der Waals surface area contributed by atoms with Crippen molar-refractivity contribution in [1.29, 1.82) is 0 Å². The number of ether oxygens (including phenoxy) is 1. The molecule has 64 valence electrons. The van der Waals surface area contributed by atoms with Gasteiger partial charge in [-0.3, -0.25) is 0 Å². The van der Waals surface area contributed by atoms with Crippen molar-refractivity contribution in [3.63, 3.8) is 0 Å². The summed E-state index contributed by atoms with van der Waals surface area (Å²) in [5.41, 5.74) is 0. The lowest BCUT2D eigenvalue weighted by molar-refractivity contribution is 0.276. The standard InChI is InChI=1S/C8H9ClN2O/c9-7-3-4-10-8(11-7)12-5-6-1-2-6/h3-4,6H,1-2,5H2. The molecule has 4 heteroatoms. The first-order chi connectivity index (χ1) is 5.84. The highest BCUT2D eigenvalue weighted by molar-refractivity contribution is 6.29. The molecule has 0 bridgehead atoms. The minimum atomic E-state index is 0.384. The van der Waals surface area contributed by atoms with Gasteiger partial charge in [-0.25, -0.2) is 4.98 Å². The van der Waals surface area contributed by atoms with Crippen LogP contribution < -0.4 is 4.74 Å². The van der Waals surface area contributed by atoms with Crippen LogP contribution in [0.5, 0.6) is 6.01 Å². The molecule has 1 heterocycles. The van der Waals surface area contributed by atoms with Crippen molar-refractivity contribution in [2.75, 3.05) is 6.61 Å². The van der Waals surface area contributed by atoms with Gasteiger partial charge in [0, 0.05) is 6.20 Å². The summed E-state index contributed by atoms with van der Waals surface area (Å²) in [7, 11) is 0. The first kappa shape index (κ1) is 7.80. The van der Waals surface area contributed by atoms with E-state index >= 15 is 0 Å². The molecule has 1 aliphatic rings. The SMILES string of the molecule is Clc1ccnc(OCC2CC2)n1. The molecule has 0 unspecified atom stereocenters. The zero-order valence-electron chi connectivity index (χ0n) is 6.53. The van der Waals surface area contributed by atoms with Crippen molar-refractivity contribution in [3.8, 4) is 6.01 Å². The molecule has 1 aliphatic carbocycles. The van der Waals surface area contributed by atoms with Crippen LogP contribution in [-0.2, 0) is 0 Å². The third-order valence-electron chi connectivity index (χ3n) is 1.74. The molecule has 1 aromatic rings. The van der Waals surface area contributed by atoms with E-state index in [0.29, 0.717) is 17.1 Å². The van der Waals surface area contributed by atoms with Gasteiger partial charge in [-0.05, 0) is 24.8 Å². The zero-order valence-corrected chi connectivity index (χ0v) is 7.29. The number of aromatic nitrogens is 2. The van der Waals surface area contributed by atoms with Crippen LogP contribution in [0.2, 0.25) is 5.15 Å². The molecule has 1 saturated carbocycles. The predicted molar refractivity (Wildman–Crippen MR) is 45.3 cm³/mol. The Kier molecular flexibility index (Phi) is 2.13. The molecule has 1 fully saturated rings. The summed E-state index contributed by atoms with van der Waals surface area (Å²) in [6, 6.07) is 2.01. The second-order valence-electron chi connectivity index (χ2n) is 2.92. The second-order valence-corrected chi connectivity index (χ2v) is 3.30. The molecule has 0 aromatic carbocycles. The van der Waals surface area contributed by atoms with Gasteiger partial charge >= 0.3 is 6.01 Å². The summed E-state index contributed by atoms with van der Waals surface area (Å²) >= 11 is 5.64. The van der Waals surface area contributed by atoms with Crippen LogP contribution in [0.25, 0.3) is 0 Å². The lowest BCUT2D eigenvalue weighted by Crippen LogP contribution is -2.02. The minimum absolute atomic E-state index is 0.384. The summed E-state index contributed by atoms with van der Waals surface area (Å²) in [4.78, 5) is 7.83. The fourth-order valence-electron chi connectivity index (χ4n) is 0.866. The van der Waals surface area contributed by atoms with Crippen LogP contribution in [-0.4, -0.2) is 16.6 Å². The molecule has 12 heavy (non-hydrogen) atoms. The number of halogens is 1. The van der Waals surface area contributed by atoms with E-state index in [1.807, 2.05) is 0 Å². The fourth-order valence-corrected chi connectivity index (χ4v) is 0.995. The van der Waals surface area contributed by atoms with Crippen molar-refractivity contribution < 1.29 is 4.74 Å². The van der Waals surface area contributed by atoms with Crippen LogP contribution in [0.4, 0.5) is 0 Å². The van der Waals surface area contributed by atoms with E-state index < -0.39 is 0 Å². The van der Waals surface area contributed by atoms with E-state index in [1.165, 1.54) is 12.8 Å². The Balaban J connectivity index is 1.92. The summed E-state index contributed by atoms with van der Waals surface area (Å²) in [5.74, 6) is 0.715. The maximum absolute atomic E-state index is 5.64. The molecule has 0 amide bonds. The molecule has 0 N–H and O–H groups in total. The highest BCUT2D eigenvalue weighted by Crippen LogP contribution is 2.28. The van der Waals surface area contributed by atoms with Crippen molar-refractivity contribution in [2.45, 2.75) is 12.8 Å². The van der Waals surface area contributed by atoms with Gasteiger partial charge in [0.05, 0.1) is 6.61 Å². The fraction of sp³-hybridized carbons (Fsp3) is 0.500. The lowest BCUT2D eigenvalue weighted by atomic mass is 10.5. The predicted octanol–water partition coefficient (Wildman–Crippen LogP) is 1.92. The van der Waals surface area contributed by atoms with Gasteiger partial charge in [-0.2, -0.15) is 4.98 Å². The molecule has 2 rings (SSSR count). The minimum Gasteiger partial charge on any atom is -0.463 e. The number of rotatable bonds is 3. The smallest absolute Gasteiger partial charge is 0.317 e. The first-order valence-corrected chi connectivity index (χ1v) is 4.34. The lowest BCUT2D eigenvalue weighted by Gasteiger charge is -2.01. The average molecular weight is 185 g/mol. The first-order valence-electron chi connectivity index (χ1n) is 3.96. The molecule has 1 aromatic heterocycles. The monoisotopic (exact) mass is 184 g/mol. The van der Waals surface area contributed by atoms with E-state index in [0.717, 1.165) is 6.61 Å². The largest absolute Gasteiger partial charge is 0.463 e. The maximum Gasteiger partial charge on any atom is 0.317 e. The molecule has 0 spiro atoms. The quantitative estimate of drug-likeness (QED) is 0.674. The Morgan fingerprint density at radius 3 is 3.08 bits per heavy atom. The van der Waals surface area contributed by atoms with E-state index in [-0.39, 0.29) is 0 Å².